The number of piperidine rings is 1. The van der Waals surface area contributed by atoms with Gasteiger partial charge in [-0.05, 0) is 24.3 Å². The van der Waals surface area contributed by atoms with E-state index in [2.05, 4.69) is 14.9 Å². The first kappa shape index (κ1) is 21.1. The van der Waals surface area contributed by atoms with Crippen LogP contribution in [0.1, 0.15) is 32.3 Å². The lowest BCUT2D eigenvalue weighted by Crippen LogP contribution is -2.56. The molecule has 0 radical (unpaired) electrons. The van der Waals surface area contributed by atoms with E-state index in [0.717, 1.165) is 5.56 Å². The van der Waals surface area contributed by atoms with Gasteiger partial charge in [-0.15, -0.1) is 0 Å². The van der Waals surface area contributed by atoms with Gasteiger partial charge in [-0.1, -0.05) is 44.2 Å². The fraction of sp³-hybridized carbons (Fsp3) is 0.478. The first-order valence-electron chi connectivity index (χ1n) is 10.7. The number of hydrogen-bond donors (Lipinski definition) is 0. The number of urea groups is 1. The van der Waals surface area contributed by atoms with Crippen molar-refractivity contribution in [1.29, 1.82) is 0 Å². The summed E-state index contributed by atoms with van der Waals surface area (Å²) in [6.07, 6.45) is 4.38. The third kappa shape index (κ3) is 3.94. The second-order valence-electron chi connectivity index (χ2n) is 8.61. The maximum Gasteiger partial charge on any atom is 0.327 e. The maximum absolute atomic E-state index is 13.6. The van der Waals surface area contributed by atoms with Crippen molar-refractivity contribution >= 4 is 17.9 Å². The summed E-state index contributed by atoms with van der Waals surface area (Å²) < 4.78 is 5.13. The van der Waals surface area contributed by atoms with Gasteiger partial charge in [0.15, 0.2) is 5.75 Å². The fourth-order valence-corrected chi connectivity index (χ4v) is 4.43. The van der Waals surface area contributed by atoms with Gasteiger partial charge in [0.25, 0.3) is 5.91 Å². The third-order valence-corrected chi connectivity index (χ3v) is 6.08. The molecule has 1 aromatic heterocycles. The number of hydrogen-bond acceptors (Lipinski definition) is 6. The van der Waals surface area contributed by atoms with E-state index in [1.165, 1.54) is 4.90 Å². The van der Waals surface area contributed by atoms with Gasteiger partial charge in [-0.25, -0.2) is 14.8 Å². The Morgan fingerprint density at radius 2 is 1.71 bits per heavy atom. The summed E-state index contributed by atoms with van der Waals surface area (Å²) in [6, 6.07) is 9.68. The van der Waals surface area contributed by atoms with Crippen molar-refractivity contribution in [1.82, 2.24) is 19.8 Å². The van der Waals surface area contributed by atoms with Crippen molar-refractivity contribution in [2.75, 3.05) is 31.6 Å². The van der Waals surface area contributed by atoms with Gasteiger partial charge in [-0.2, -0.15) is 0 Å². The number of nitrogens with zero attached hydrogens (tertiary/aromatic N) is 5. The number of imide groups is 1. The average molecular weight is 424 g/mol. The first-order chi connectivity index (χ1) is 14.9. The van der Waals surface area contributed by atoms with Gasteiger partial charge in [-0.3, -0.25) is 9.69 Å². The van der Waals surface area contributed by atoms with Crippen LogP contribution in [0.25, 0.3) is 0 Å². The zero-order valence-electron chi connectivity index (χ0n) is 18.3. The molecule has 2 aliphatic heterocycles. The summed E-state index contributed by atoms with van der Waals surface area (Å²) in [7, 11) is 1.58. The Hall–Kier alpha value is -3.16. The van der Waals surface area contributed by atoms with E-state index in [9.17, 15) is 9.59 Å². The Kier molecular flexibility index (Phi) is 5.80. The topological polar surface area (TPSA) is 78.9 Å². The van der Waals surface area contributed by atoms with Gasteiger partial charge < -0.3 is 14.5 Å². The summed E-state index contributed by atoms with van der Waals surface area (Å²) in [5, 5.41) is 0. The van der Waals surface area contributed by atoms with Gasteiger partial charge >= 0.3 is 6.03 Å². The predicted molar refractivity (Wildman–Crippen MR) is 117 cm³/mol. The molecule has 0 atom stereocenters. The van der Waals surface area contributed by atoms with E-state index in [0.29, 0.717) is 50.7 Å². The molecule has 2 fully saturated rings. The van der Waals surface area contributed by atoms with Crippen LogP contribution in [0.15, 0.2) is 42.7 Å². The highest BCUT2D eigenvalue weighted by atomic mass is 16.5. The molecule has 3 heterocycles. The number of carbonyl (C=O) groups excluding carboxylic acids is 2. The van der Waals surface area contributed by atoms with E-state index >= 15 is 0 Å². The van der Waals surface area contributed by atoms with Crippen LogP contribution in [-0.4, -0.2) is 64.0 Å². The monoisotopic (exact) mass is 423 g/mol. The van der Waals surface area contributed by atoms with Crippen molar-refractivity contribution in [2.24, 2.45) is 5.92 Å². The smallest absolute Gasteiger partial charge is 0.327 e. The van der Waals surface area contributed by atoms with Crippen molar-refractivity contribution in [2.45, 2.75) is 38.8 Å². The summed E-state index contributed by atoms with van der Waals surface area (Å²) in [5.41, 5.74) is 0.209. The van der Waals surface area contributed by atoms with Crippen LogP contribution >= 0.6 is 0 Å². The average Bonchev–Trinajstić information content (AvgIpc) is 2.97. The zero-order valence-corrected chi connectivity index (χ0v) is 18.3. The molecule has 0 aliphatic carbocycles. The highest BCUT2D eigenvalue weighted by Crippen LogP contribution is 2.39. The molecule has 8 heteroatoms. The molecule has 0 saturated carbocycles. The minimum absolute atomic E-state index is 0.0718. The van der Waals surface area contributed by atoms with E-state index in [4.69, 9.17) is 4.74 Å². The lowest BCUT2D eigenvalue weighted by Gasteiger charge is -2.42. The van der Waals surface area contributed by atoms with Crippen LogP contribution in [0.3, 0.4) is 0 Å². The summed E-state index contributed by atoms with van der Waals surface area (Å²) in [4.78, 5) is 40.9. The van der Waals surface area contributed by atoms with Crippen LogP contribution in [0, 0.1) is 5.92 Å². The Bertz CT molecular complexity index is 924. The van der Waals surface area contributed by atoms with E-state index in [-0.39, 0.29) is 17.9 Å². The molecule has 31 heavy (non-hydrogen) atoms. The highest BCUT2D eigenvalue weighted by Gasteiger charge is 2.58. The molecule has 8 nitrogen and oxygen atoms in total. The van der Waals surface area contributed by atoms with Crippen LogP contribution in [0.2, 0.25) is 0 Å². The quantitative estimate of drug-likeness (QED) is 0.665. The molecule has 3 amide bonds. The minimum Gasteiger partial charge on any atom is -0.494 e. The van der Waals surface area contributed by atoms with Crippen molar-refractivity contribution in [3.63, 3.8) is 0 Å². The Morgan fingerprint density at radius 1 is 1.06 bits per heavy atom. The highest BCUT2D eigenvalue weighted by molar-refractivity contribution is 6.07. The van der Waals surface area contributed by atoms with Crippen molar-refractivity contribution in [3.05, 3.63) is 48.3 Å². The fourth-order valence-electron chi connectivity index (χ4n) is 4.43. The minimum atomic E-state index is -0.815. The molecule has 0 unspecified atom stereocenters. The molecule has 0 bridgehead atoms. The molecule has 1 spiro atoms. The molecule has 2 saturated heterocycles. The van der Waals surface area contributed by atoms with E-state index in [1.807, 2.05) is 44.2 Å². The number of carbonyl (C=O) groups is 2. The number of ether oxygens (including phenoxy) is 1. The summed E-state index contributed by atoms with van der Waals surface area (Å²) in [6.45, 7) is 6.13. The van der Waals surface area contributed by atoms with Gasteiger partial charge in [0.2, 0.25) is 5.95 Å². The van der Waals surface area contributed by atoms with Gasteiger partial charge in [0, 0.05) is 26.2 Å². The molecule has 2 aliphatic rings. The normalized spacial score (nSPS) is 18.4. The second-order valence-corrected chi connectivity index (χ2v) is 8.61. The Morgan fingerprint density at radius 3 is 2.29 bits per heavy atom. The molecular formula is C23H29N5O3. The lowest BCUT2D eigenvalue weighted by atomic mass is 9.85. The first-order valence-corrected chi connectivity index (χ1v) is 10.7. The zero-order chi connectivity index (χ0) is 22.0. The van der Waals surface area contributed by atoms with Crippen molar-refractivity contribution in [3.8, 4) is 5.75 Å². The SMILES string of the molecule is COc1cnc(N2CCC3(CC2)C(=O)N(CC(C)C)C(=O)N3Cc2ccccc2)nc1. The van der Waals surface area contributed by atoms with Crippen molar-refractivity contribution < 1.29 is 14.3 Å². The van der Waals surface area contributed by atoms with Crippen LogP contribution in [0.5, 0.6) is 5.75 Å². The van der Waals surface area contributed by atoms with Crippen LogP contribution in [0.4, 0.5) is 10.7 Å². The van der Waals surface area contributed by atoms with Gasteiger partial charge in [0.1, 0.15) is 5.54 Å². The number of benzene rings is 1. The molecule has 2 aromatic rings. The maximum atomic E-state index is 13.6. The van der Waals surface area contributed by atoms with Gasteiger partial charge in [0.05, 0.1) is 19.5 Å². The molecule has 164 valence electrons. The summed E-state index contributed by atoms with van der Waals surface area (Å²) >= 11 is 0. The lowest BCUT2D eigenvalue weighted by molar-refractivity contribution is -0.134. The standard InChI is InChI=1S/C23H29N5O3/c1-17(2)15-27-20(29)23(28(22(27)30)16-18-7-5-4-6-8-18)9-11-26(12-10-23)21-24-13-19(31-3)14-25-21/h4-8,13-14,17H,9-12,15-16H2,1-3H3. The molecule has 4 rings (SSSR count). The largest absolute Gasteiger partial charge is 0.494 e. The second kappa shape index (κ2) is 8.53. The predicted octanol–water partition coefficient (Wildman–Crippen LogP) is 2.94. The number of amides is 3. The molecule has 1 aromatic carbocycles. The number of methoxy groups -OCH3 is 1. The van der Waals surface area contributed by atoms with Crippen LogP contribution < -0.4 is 9.64 Å². The third-order valence-electron chi connectivity index (χ3n) is 6.08. The molecular weight excluding hydrogens is 394 g/mol. The number of aromatic nitrogens is 2. The Labute approximate surface area is 182 Å². The Balaban J connectivity index is 1.58. The van der Waals surface area contributed by atoms with E-state index in [1.54, 1.807) is 24.4 Å². The number of rotatable bonds is 6. The van der Waals surface area contributed by atoms with E-state index < -0.39 is 5.54 Å². The number of anilines is 1. The molecule has 0 N–H and O–H groups in total. The van der Waals surface area contributed by atoms with Crippen LogP contribution in [-0.2, 0) is 11.3 Å². The summed E-state index contributed by atoms with van der Waals surface area (Å²) in [5.74, 6) is 1.36.